The first-order valence-electron chi connectivity index (χ1n) is 17.4. The topological polar surface area (TPSA) is 15.0 Å². The monoisotopic (exact) mass is 579 g/mol. The summed E-state index contributed by atoms with van der Waals surface area (Å²) in [4.78, 5) is 0. The highest BCUT2D eigenvalue weighted by molar-refractivity contribution is 5.53. The van der Waals surface area contributed by atoms with Crippen LogP contribution in [0, 0.1) is 5.92 Å². The molecule has 43 heavy (non-hydrogen) atoms. The summed E-state index contributed by atoms with van der Waals surface area (Å²) in [5, 5.41) is 3.49. The van der Waals surface area contributed by atoms with E-state index in [0.29, 0.717) is 0 Å². The Labute approximate surface area is 264 Å². The molecule has 1 aliphatic rings. The number of rotatable bonds is 24. The molecule has 0 spiro atoms. The minimum atomic E-state index is 0.728. The van der Waals surface area contributed by atoms with Gasteiger partial charge < -0.3 is 5.32 Å². The van der Waals surface area contributed by atoms with E-state index in [-0.39, 0.29) is 0 Å². The van der Waals surface area contributed by atoms with E-state index in [1.54, 1.807) is 0 Å². The number of nitrogens with zero attached hydrogens (tertiary/aromatic N) is 1. The van der Waals surface area contributed by atoms with E-state index in [1.165, 1.54) is 120 Å². The molecule has 0 saturated heterocycles. The zero-order valence-corrected chi connectivity index (χ0v) is 27.0. The number of nitrogens with one attached hydrogen (secondary N) is 1. The Morgan fingerprint density at radius 2 is 1.35 bits per heavy atom. The maximum Gasteiger partial charge on any atom is 0.164 e. The van der Waals surface area contributed by atoms with Crippen molar-refractivity contribution in [1.29, 1.82) is 0 Å². The van der Waals surface area contributed by atoms with Gasteiger partial charge in [-0.3, -0.25) is 0 Å². The molecule has 0 amide bonds. The lowest BCUT2D eigenvalue weighted by molar-refractivity contribution is -0.456. The predicted octanol–water partition coefficient (Wildman–Crippen LogP) is 10.8. The van der Waals surface area contributed by atoms with Crippen LogP contribution in [-0.2, 0) is 12.8 Å². The third kappa shape index (κ3) is 16.9. The van der Waals surface area contributed by atoms with E-state index in [2.05, 4.69) is 114 Å². The minimum absolute atomic E-state index is 0.728. The normalized spacial score (nSPS) is 15.1. The maximum absolute atomic E-state index is 3.88. The second kappa shape index (κ2) is 23.3. The molecule has 1 heterocycles. The summed E-state index contributed by atoms with van der Waals surface area (Å²) >= 11 is 0. The first kappa shape index (κ1) is 34.4. The molecule has 1 aliphatic heterocycles. The Morgan fingerprint density at radius 1 is 0.744 bits per heavy atom. The van der Waals surface area contributed by atoms with Crippen LogP contribution in [0.3, 0.4) is 0 Å². The Kier molecular flexibility index (Phi) is 18.7. The molecule has 0 aliphatic carbocycles. The van der Waals surface area contributed by atoms with Crippen LogP contribution in [0.15, 0.2) is 110 Å². The van der Waals surface area contributed by atoms with Crippen molar-refractivity contribution in [3.63, 3.8) is 0 Å². The van der Waals surface area contributed by atoms with Gasteiger partial charge in [0, 0.05) is 19.4 Å². The van der Waals surface area contributed by atoms with Crippen LogP contribution in [0.25, 0.3) is 0 Å². The largest absolute Gasteiger partial charge is 0.391 e. The van der Waals surface area contributed by atoms with Gasteiger partial charge in [-0.25, -0.2) is 4.58 Å². The highest BCUT2D eigenvalue weighted by Gasteiger charge is 2.13. The number of aryl methyl sites for hydroxylation is 2. The quantitative estimate of drug-likeness (QED) is 0.0742. The molecule has 0 fully saturated rings. The minimum Gasteiger partial charge on any atom is -0.391 e. The van der Waals surface area contributed by atoms with E-state index in [1.807, 2.05) is 6.08 Å². The summed E-state index contributed by atoms with van der Waals surface area (Å²) in [5.41, 5.74) is 4.23. The fraction of sp³-hybridized carbons (Fsp3) is 0.488. The standard InChI is InChI=1S/C41H59N2/c1-2-21-38(26-19-27-39-22-13-11-14-23-39)30-34-42-33-17-9-7-5-3-4-6-8-10-18-35-43-36-31-41(32-37-43)29-20-28-40-24-15-12-16-25-40/h2,11-16,21-25,30-31,34,36-37,41-42H,1,3-10,17-20,26-29,32-33,35H2/q+1/b34-30-,38-21-. The molecule has 0 saturated carbocycles. The number of hydrogen-bond acceptors (Lipinski definition) is 1. The first-order valence-corrected chi connectivity index (χ1v) is 17.4. The molecule has 0 aromatic heterocycles. The average Bonchev–Trinajstić information content (AvgIpc) is 3.04. The van der Waals surface area contributed by atoms with Crippen molar-refractivity contribution in [2.45, 2.75) is 109 Å². The molecule has 2 heteroatoms. The van der Waals surface area contributed by atoms with Gasteiger partial charge in [-0.1, -0.05) is 124 Å². The van der Waals surface area contributed by atoms with Gasteiger partial charge in [-0.15, -0.1) is 0 Å². The van der Waals surface area contributed by atoms with Crippen LogP contribution in [-0.4, -0.2) is 23.9 Å². The van der Waals surface area contributed by atoms with Gasteiger partial charge in [0.15, 0.2) is 6.20 Å². The lowest BCUT2D eigenvalue weighted by atomic mass is 9.96. The van der Waals surface area contributed by atoms with Crippen LogP contribution in [0.1, 0.15) is 107 Å². The van der Waals surface area contributed by atoms with E-state index in [9.17, 15) is 0 Å². The number of allylic oxidation sites excluding steroid dienone is 5. The van der Waals surface area contributed by atoms with E-state index in [4.69, 9.17) is 0 Å². The van der Waals surface area contributed by atoms with Crippen molar-refractivity contribution in [1.82, 2.24) is 5.32 Å². The van der Waals surface area contributed by atoms with Gasteiger partial charge in [-0.05, 0) is 92.3 Å². The third-order valence-electron chi connectivity index (χ3n) is 8.58. The lowest BCUT2D eigenvalue weighted by Gasteiger charge is -2.12. The van der Waals surface area contributed by atoms with Gasteiger partial charge in [-0.2, -0.15) is 0 Å². The highest BCUT2D eigenvalue weighted by Crippen LogP contribution is 2.18. The Morgan fingerprint density at radius 3 is 1.95 bits per heavy atom. The second-order valence-electron chi connectivity index (χ2n) is 12.3. The van der Waals surface area contributed by atoms with Crippen LogP contribution in [0.2, 0.25) is 0 Å². The first-order chi connectivity index (χ1) is 21.3. The highest BCUT2D eigenvalue weighted by atomic mass is 15.0. The lowest BCUT2D eigenvalue weighted by Crippen LogP contribution is -2.15. The van der Waals surface area contributed by atoms with E-state index in [0.717, 1.165) is 25.3 Å². The molecule has 1 atom stereocenters. The molecule has 1 N–H and O–H groups in total. The summed E-state index contributed by atoms with van der Waals surface area (Å²) in [6.07, 6.45) is 37.6. The maximum atomic E-state index is 3.88. The smallest absolute Gasteiger partial charge is 0.164 e. The number of unbranched alkanes of at least 4 members (excludes halogenated alkanes) is 9. The summed E-state index contributed by atoms with van der Waals surface area (Å²) < 4.78 is 2.43. The second-order valence-corrected chi connectivity index (χ2v) is 12.3. The van der Waals surface area contributed by atoms with Crippen LogP contribution >= 0.6 is 0 Å². The zero-order chi connectivity index (χ0) is 30.0. The fourth-order valence-electron chi connectivity index (χ4n) is 5.94. The molecule has 0 radical (unpaired) electrons. The van der Waals surface area contributed by atoms with Crippen LogP contribution in [0.4, 0.5) is 0 Å². The van der Waals surface area contributed by atoms with Crippen LogP contribution in [0.5, 0.6) is 0 Å². The van der Waals surface area contributed by atoms with Gasteiger partial charge in [0.05, 0.1) is 0 Å². The molecule has 2 aromatic rings. The predicted molar refractivity (Wildman–Crippen MR) is 189 cm³/mol. The van der Waals surface area contributed by atoms with Crippen molar-refractivity contribution in [2.75, 3.05) is 13.1 Å². The number of benzene rings is 2. The molecule has 1 unspecified atom stereocenters. The van der Waals surface area contributed by atoms with Crippen molar-refractivity contribution in [2.24, 2.45) is 5.92 Å². The fourth-order valence-corrected chi connectivity index (χ4v) is 5.94. The van der Waals surface area contributed by atoms with Gasteiger partial charge >= 0.3 is 0 Å². The van der Waals surface area contributed by atoms with Gasteiger partial charge in [0.1, 0.15) is 12.8 Å². The van der Waals surface area contributed by atoms with Crippen molar-refractivity contribution in [3.8, 4) is 0 Å². The Balaban J connectivity index is 1.07. The van der Waals surface area contributed by atoms with Crippen molar-refractivity contribution >= 4 is 6.21 Å². The summed E-state index contributed by atoms with van der Waals surface area (Å²) in [6.45, 7) is 6.14. The molecule has 2 aromatic carbocycles. The summed E-state index contributed by atoms with van der Waals surface area (Å²) in [5.74, 6) is 0.728. The average molecular weight is 580 g/mol. The molecule has 3 rings (SSSR count). The molecule has 232 valence electrons. The SMILES string of the molecule is C=C/C=C(\C=C/NCCCCCCCCCCCC[N+]1=CCC(CCCc2ccccc2)C=C1)CCCc1ccccc1. The Hall–Kier alpha value is -3.13. The molecule has 2 nitrogen and oxygen atoms in total. The van der Waals surface area contributed by atoms with Crippen LogP contribution < -0.4 is 5.32 Å². The van der Waals surface area contributed by atoms with Crippen molar-refractivity contribution in [3.05, 3.63) is 121 Å². The molecule has 0 bridgehead atoms. The Bertz CT molecular complexity index is 1090. The van der Waals surface area contributed by atoms with Gasteiger partial charge in [0.25, 0.3) is 0 Å². The third-order valence-corrected chi connectivity index (χ3v) is 8.58. The van der Waals surface area contributed by atoms with Crippen molar-refractivity contribution < 1.29 is 4.58 Å². The van der Waals surface area contributed by atoms with E-state index < -0.39 is 0 Å². The summed E-state index contributed by atoms with van der Waals surface area (Å²) in [7, 11) is 0. The molecular weight excluding hydrogens is 520 g/mol. The zero-order valence-electron chi connectivity index (χ0n) is 27.0. The van der Waals surface area contributed by atoms with E-state index >= 15 is 0 Å². The number of hydrogen-bond donors (Lipinski definition) is 1. The van der Waals surface area contributed by atoms with Gasteiger partial charge in [0.2, 0.25) is 0 Å². The molecular formula is C41H59N2+. The summed E-state index contributed by atoms with van der Waals surface area (Å²) in [6, 6.07) is 21.7.